The highest BCUT2D eigenvalue weighted by Crippen LogP contribution is 2.29. The van der Waals surface area contributed by atoms with Crippen molar-refractivity contribution in [3.05, 3.63) is 59.5 Å². The normalized spacial score (nSPS) is 16.7. The van der Waals surface area contributed by atoms with E-state index in [0.717, 1.165) is 31.7 Å². The average molecular weight is 420 g/mol. The van der Waals surface area contributed by atoms with Gasteiger partial charge in [0, 0.05) is 18.4 Å². The van der Waals surface area contributed by atoms with Crippen LogP contribution in [0.3, 0.4) is 0 Å². The van der Waals surface area contributed by atoms with Gasteiger partial charge in [-0.2, -0.15) is 13.2 Å². The minimum absolute atomic E-state index is 0.0605. The maximum absolute atomic E-state index is 12.9. The average Bonchev–Trinajstić information content (AvgIpc) is 3.39. The summed E-state index contributed by atoms with van der Waals surface area (Å²) in [7, 11) is 0. The first-order valence-electron chi connectivity index (χ1n) is 9.44. The van der Waals surface area contributed by atoms with E-state index >= 15 is 0 Å². The first-order valence-corrected chi connectivity index (χ1v) is 9.44. The molecule has 10 heteroatoms. The molecule has 1 atom stereocenters. The van der Waals surface area contributed by atoms with Crippen molar-refractivity contribution in [1.82, 2.24) is 19.9 Å². The maximum Gasteiger partial charge on any atom is 0.417 e. The number of alkyl halides is 3. The number of nitrogens with one attached hydrogen (secondary N) is 1. The van der Waals surface area contributed by atoms with Gasteiger partial charge in [-0.3, -0.25) is 9.20 Å². The number of fused-ring (bicyclic) bond motifs is 1. The summed E-state index contributed by atoms with van der Waals surface area (Å²) in [5.74, 6) is 0.331. The Hall–Kier alpha value is -3.14. The molecule has 30 heavy (non-hydrogen) atoms. The molecule has 4 rings (SSSR count). The number of halogens is 3. The zero-order chi connectivity index (χ0) is 21.1. The molecule has 0 radical (unpaired) electrons. The monoisotopic (exact) mass is 420 g/mol. The van der Waals surface area contributed by atoms with E-state index in [9.17, 15) is 18.0 Å². The number of aromatic nitrogens is 3. The van der Waals surface area contributed by atoms with E-state index in [1.165, 1.54) is 10.5 Å². The molecule has 7 nitrogen and oxygen atoms in total. The molecule has 1 aliphatic heterocycles. The van der Waals surface area contributed by atoms with Crippen LogP contribution in [0.5, 0.6) is 5.75 Å². The van der Waals surface area contributed by atoms with Gasteiger partial charge in [-0.25, -0.2) is 0 Å². The fourth-order valence-electron chi connectivity index (χ4n) is 3.18. The summed E-state index contributed by atoms with van der Waals surface area (Å²) in [6.45, 7) is 1.07. The third-order valence-corrected chi connectivity index (χ3v) is 4.76. The molecule has 1 fully saturated rings. The Morgan fingerprint density at radius 3 is 2.90 bits per heavy atom. The van der Waals surface area contributed by atoms with Crippen LogP contribution in [0.1, 0.15) is 34.6 Å². The van der Waals surface area contributed by atoms with E-state index in [1.807, 2.05) is 0 Å². The second kappa shape index (κ2) is 8.31. The van der Waals surface area contributed by atoms with Crippen LogP contribution in [0, 0.1) is 0 Å². The first-order chi connectivity index (χ1) is 14.4. The molecule has 0 saturated carbocycles. The lowest BCUT2D eigenvalue weighted by Crippen LogP contribution is -2.24. The lowest BCUT2D eigenvalue weighted by molar-refractivity contribution is -0.137. The number of carbonyl (C=O) groups excluding carboxylic acids is 1. The summed E-state index contributed by atoms with van der Waals surface area (Å²) in [6, 6.07) is 8.84. The van der Waals surface area contributed by atoms with E-state index in [-0.39, 0.29) is 24.1 Å². The Morgan fingerprint density at radius 1 is 1.27 bits per heavy atom. The molecule has 0 aliphatic carbocycles. The highest BCUT2D eigenvalue weighted by atomic mass is 19.4. The molecular formula is C20H19F3N4O3. The molecule has 3 aromatic rings. The highest BCUT2D eigenvalue weighted by molar-refractivity contribution is 5.94. The zero-order valence-corrected chi connectivity index (χ0v) is 15.9. The van der Waals surface area contributed by atoms with Gasteiger partial charge in [0.05, 0.1) is 18.2 Å². The van der Waals surface area contributed by atoms with Crippen molar-refractivity contribution in [2.24, 2.45) is 0 Å². The van der Waals surface area contributed by atoms with Crippen LogP contribution < -0.4 is 10.1 Å². The number of nitrogens with zero attached hydrogens (tertiary/aromatic N) is 3. The van der Waals surface area contributed by atoms with E-state index < -0.39 is 17.6 Å². The molecule has 1 aromatic carbocycles. The second-order valence-electron chi connectivity index (χ2n) is 6.92. The topological polar surface area (TPSA) is 77.8 Å². The van der Waals surface area contributed by atoms with E-state index in [0.29, 0.717) is 17.9 Å². The number of pyridine rings is 1. The highest BCUT2D eigenvalue weighted by Gasteiger charge is 2.31. The Morgan fingerprint density at radius 2 is 2.13 bits per heavy atom. The van der Waals surface area contributed by atoms with E-state index in [1.54, 1.807) is 24.3 Å². The third kappa shape index (κ3) is 4.54. The third-order valence-electron chi connectivity index (χ3n) is 4.76. The number of carbonyl (C=O) groups is 1. The Bertz CT molecular complexity index is 1050. The molecule has 158 valence electrons. The van der Waals surface area contributed by atoms with Gasteiger partial charge in [0.1, 0.15) is 12.4 Å². The van der Waals surface area contributed by atoms with E-state index in [2.05, 4.69) is 15.5 Å². The summed E-state index contributed by atoms with van der Waals surface area (Å²) in [5, 5.41) is 10.4. The number of hydrogen-bond donors (Lipinski definition) is 1. The summed E-state index contributed by atoms with van der Waals surface area (Å²) in [5.41, 5.74) is -0.195. The molecule has 1 saturated heterocycles. The lowest BCUT2D eigenvalue weighted by atomic mass is 10.2. The predicted molar refractivity (Wildman–Crippen MR) is 100 cm³/mol. The summed E-state index contributed by atoms with van der Waals surface area (Å²) in [6.07, 6.45) is -1.55. The van der Waals surface area contributed by atoms with Crippen LogP contribution in [0.4, 0.5) is 13.2 Å². The van der Waals surface area contributed by atoms with E-state index in [4.69, 9.17) is 9.47 Å². The Balaban J connectivity index is 1.41. The SMILES string of the molecule is O=C(NCc1nnc2ccc(C(F)(F)F)cn12)c1cccc(OC[C@@H]2CCCO2)c1. The molecule has 1 N–H and O–H groups in total. The molecule has 3 heterocycles. The smallest absolute Gasteiger partial charge is 0.417 e. The predicted octanol–water partition coefficient (Wildman–Crippen LogP) is 3.24. The van der Waals surface area contributed by atoms with Crippen molar-refractivity contribution in [3.8, 4) is 5.75 Å². The largest absolute Gasteiger partial charge is 0.491 e. The van der Waals surface area contributed by atoms with Crippen molar-refractivity contribution in [2.75, 3.05) is 13.2 Å². The molecular weight excluding hydrogens is 401 g/mol. The summed E-state index contributed by atoms with van der Waals surface area (Å²) in [4.78, 5) is 12.5. The Labute approximate surface area is 169 Å². The van der Waals surface area contributed by atoms with Gasteiger partial charge in [0.25, 0.3) is 5.91 Å². The first kappa shape index (κ1) is 20.1. The van der Waals surface area contributed by atoms with Gasteiger partial charge < -0.3 is 14.8 Å². The van der Waals surface area contributed by atoms with Crippen molar-refractivity contribution in [2.45, 2.75) is 31.7 Å². The van der Waals surface area contributed by atoms with Gasteiger partial charge in [-0.05, 0) is 43.2 Å². The molecule has 2 aromatic heterocycles. The molecule has 1 amide bonds. The fourth-order valence-corrected chi connectivity index (χ4v) is 3.18. The van der Waals surface area contributed by atoms with Crippen LogP contribution in [-0.2, 0) is 17.5 Å². The van der Waals surface area contributed by atoms with Crippen LogP contribution in [0.25, 0.3) is 5.65 Å². The standard InChI is InChI=1S/C20H19F3N4O3/c21-20(22,23)14-6-7-17-25-26-18(27(17)11-14)10-24-19(28)13-3-1-4-15(9-13)30-12-16-5-2-8-29-16/h1,3-4,6-7,9,11,16H,2,5,8,10,12H2,(H,24,28)/t16-/m0/s1. The number of benzene rings is 1. The molecule has 0 bridgehead atoms. The number of hydrogen-bond acceptors (Lipinski definition) is 5. The lowest BCUT2D eigenvalue weighted by Gasteiger charge is -2.12. The molecule has 0 spiro atoms. The van der Waals surface area contributed by atoms with Gasteiger partial charge in [0.15, 0.2) is 11.5 Å². The van der Waals surface area contributed by atoms with Gasteiger partial charge in [-0.15, -0.1) is 10.2 Å². The molecule has 1 aliphatic rings. The van der Waals surface area contributed by atoms with Crippen LogP contribution in [-0.4, -0.2) is 39.8 Å². The minimum atomic E-state index is -4.48. The van der Waals surface area contributed by atoms with Crippen molar-refractivity contribution in [3.63, 3.8) is 0 Å². The van der Waals surface area contributed by atoms with Crippen molar-refractivity contribution < 1.29 is 27.4 Å². The second-order valence-corrected chi connectivity index (χ2v) is 6.92. The molecule has 0 unspecified atom stereocenters. The van der Waals surface area contributed by atoms with Gasteiger partial charge in [-0.1, -0.05) is 6.07 Å². The summed E-state index contributed by atoms with van der Waals surface area (Å²) >= 11 is 0. The van der Waals surface area contributed by atoms with Crippen LogP contribution >= 0.6 is 0 Å². The quantitative estimate of drug-likeness (QED) is 0.663. The Kier molecular flexibility index (Phi) is 5.58. The number of amides is 1. The summed E-state index contributed by atoms with van der Waals surface area (Å²) < 4.78 is 51.3. The maximum atomic E-state index is 12.9. The van der Waals surface area contributed by atoms with Gasteiger partial charge >= 0.3 is 6.18 Å². The van der Waals surface area contributed by atoms with Crippen LogP contribution in [0.2, 0.25) is 0 Å². The number of ether oxygens (including phenoxy) is 2. The van der Waals surface area contributed by atoms with Crippen LogP contribution in [0.15, 0.2) is 42.6 Å². The number of rotatable bonds is 6. The zero-order valence-electron chi connectivity index (χ0n) is 15.9. The fraction of sp³-hybridized carbons (Fsp3) is 0.350. The van der Waals surface area contributed by atoms with Crippen molar-refractivity contribution >= 4 is 11.6 Å². The van der Waals surface area contributed by atoms with Gasteiger partial charge in [0.2, 0.25) is 0 Å². The minimum Gasteiger partial charge on any atom is -0.491 e. The van der Waals surface area contributed by atoms with Crippen molar-refractivity contribution in [1.29, 1.82) is 0 Å².